The fourth-order valence-electron chi connectivity index (χ4n) is 1.73. The molecule has 1 atom stereocenters. The number of carbonyl (C=O) groups is 2. The van der Waals surface area contributed by atoms with Gasteiger partial charge in [-0.15, -0.1) is 11.8 Å². The summed E-state index contributed by atoms with van der Waals surface area (Å²) in [6.07, 6.45) is 2.51. The number of hydrogen-bond donors (Lipinski definition) is 0. The van der Waals surface area contributed by atoms with Crippen LogP contribution in [-0.4, -0.2) is 29.0 Å². The Morgan fingerprint density at radius 2 is 2.38 bits per heavy atom. The predicted molar refractivity (Wildman–Crippen MR) is 51.0 cm³/mol. The van der Waals surface area contributed by atoms with E-state index in [4.69, 9.17) is 0 Å². The van der Waals surface area contributed by atoms with Crippen molar-refractivity contribution in [1.29, 1.82) is 0 Å². The van der Waals surface area contributed by atoms with E-state index in [0.29, 0.717) is 6.54 Å². The average Bonchev–Trinajstić information content (AvgIpc) is 2.53. The maximum absolute atomic E-state index is 11.7. The first-order valence-electron chi connectivity index (χ1n) is 4.43. The lowest BCUT2D eigenvalue weighted by Gasteiger charge is -2.25. The zero-order valence-corrected chi connectivity index (χ0v) is 8.26. The number of hydrogen-bond acceptors (Lipinski definition) is 3. The summed E-state index contributed by atoms with van der Waals surface area (Å²) in [6.45, 7) is 2.32. The summed E-state index contributed by atoms with van der Waals surface area (Å²) in [7, 11) is 0. The highest BCUT2D eigenvalue weighted by Gasteiger charge is 2.37. The second-order valence-corrected chi connectivity index (χ2v) is 4.33. The molecule has 2 rings (SSSR count). The maximum Gasteiger partial charge on any atom is 0.253 e. The van der Waals surface area contributed by atoms with Crippen molar-refractivity contribution >= 4 is 23.6 Å². The molecule has 2 aliphatic rings. The van der Waals surface area contributed by atoms with Crippen molar-refractivity contribution < 1.29 is 9.59 Å². The molecule has 0 aliphatic carbocycles. The van der Waals surface area contributed by atoms with E-state index in [1.165, 1.54) is 4.90 Å². The van der Waals surface area contributed by atoms with Crippen molar-refractivity contribution in [3.05, 3.63) is 11.0 Å². The van der Waals surface area contributed by atoms with Gasteiger partial charge in [0.15, 0.2) is 0 Å². The van der Waals surface area contributed by atoms with E-state index < -0.39 is 0 Å². The third-order valence-electron chi connectivity index (χ3n) is 2.43. The zero-order valence-electron chi connectivity index (χ0n) is 7.45. The fraction of sp³-hybridized carbons (Fsp3) is 0.556. The minimum absolute atomic E-state index is 0.00463. The summed E-state index contributed by atoms with van der Waals surface area (Å²) in [5, 5.41) is 0. The van der Waals surface area contributed by atoms with Gasteiger partial charge >= 0.3 is 0 Å². The van der Waals surface area contributed by atoms with Crippen molar-refractivity contribution in [2.45, 2.75) is 13.3 Å². The van der Waals surface area contributed by atoms with Crippen LogP contribution in [-0.2, 0) is 9.59 Å². The van der Waals surface area contributed by atoms with Crippen molar-refractivity contribution in [3.63, 3.8) is 0 Å². The van der Waals surface area contributed by atoms with E-state index in [9.17, 15) is 9.59 Å². The molecular weight excluding hydrogens is 186 g/mol. The molecule has 4 heteroatoms. The van der Waals surface area contributed by atoms with Crippen molar-refractivity contribution in [1.82, 2.24) is 4.90 Å². The van der Waals surface area contributed by atoms with Gasteiger partial charge in [-0.05, 0) is 19.1 Å². The number of carbonyl (C=O) groups excluding carboxylic acids is 2. The van der Waals surface area contributed by atoms with E-state index in [2.05, 4.69) is 0 Å². The van der Waals surface area contributed by atoms with E-state index in [1.807, 2.05) is 6.92 Å². The Morgan fingerprint density at radius 1 is 1.62 bits per heavy atom. The Morgan fingerprint density at radius 3 is 3.08 bits per heavy atom. The van der Waals surface area contributed by atoms with E-state index in [1.54, 1.807) is 17.8 Å². The van der Waals surface area contributed by atoms with Crippen LogP contribution in [0.15, 0.2) is 11.0 Å². The van der Waals surface area contributed by atoms with Crippen molar-refractivity contribution in [2.75, 3.05) is 12.3 Å². The van der Waals surface area contributed by atoms with Gasteiger partial charge in [0.2, 0.25) is 5.91 Å². The Hall–Kier alpha value is -0.770. The van der Waals surface area contributed by atoms with Gasteiger partial charge < -0.3 is 0 Å². The molecule has 3 nitrogen and oxygen atoms in total. The van der Waals surface area contributed by atoms with Gasteiger partial charge in [-0.2, -0.15) is 0 Å². The van der Waals surface area contributed by atoms with Gasteiger partial charge in [-0.25, -0.2) is 0 Å². The molecule has 2 aliphatic heterocycles. The monoisotopic (exact) mass is 197 g/mol. The van der Waals surface area contributed by atoms with Crippen LogP contribution < -0.4 is 0 Å². The number of nitrogens with zero attached hydrogens (tertiary/aromatic N) is 1. The summed E-state index contributed by atoms with van der Waals surface area (Å²) < 4.78 is 0. The first kappa shape index (κ1) is 8.81. The molecular formula is C9H11NO2S. The van der Waals surface area contributed by atoms with Crippen LogP contribution in [0.4, 0.5) is 0 Å². The molecule has 0 radical (unpaired) electrons. The van der Waals surface area contributed by atoms with E-state index in [-0.39, 0.29) is 17.7 Å². The number of rotatable bonds is 1. The molecule has 13 heavy (non-hydrogen) atoms. The number of thioether (sulfide) groups is 1. The summed E-state index contributed by atoms with van der Waals surface area (Å²) >= 11 is 1.64. The van der Waals surface area contributed by atoms with Gasteiger partial charge in [0.25, 0.3) is 5.91 Å². The summed E-state index contributed by atoms with van der Waals surface area (Å²) in [4.78, 5) is 25.4. The highest BCUT2D eigenvalue weighted by Crippen LogP contribution is 2.39. The largest absolute Gasteiger partial charge is 0.279 e. The van der Waals surface area contributed by atoms with Crippen LogP contribution in [0.2, 0.25) is 0 Å². The smallest absolute Gasteiger partial charge is 0.253 e. The molecule has 0 aromatic carbocycles. The number of fused-ring (bicyclic) bond motifs is 1. The van der Waals surface area contributed by atoms with Gasteiger partial charge in [0.1, 0.15) is 0 Å². The topological polar surface area (TPSA) is 37.4 Å². The Labute approximate surface area is 81.2 Å². The SMILES string of the molecule is CCN1C(=O)C=C2SCCC2C1=O. The molecule has 2 heterocycles. The molecule has 0 N–H and O–H groups in total. The molecule has 0 bridgehead atoms. The Kier molecular flexibility index (Phi) is 2.15. The quantitative estimate of drug-likeness (QED) is 0.589. The highest BCUT2D eigenvalue weighted by atomic mass is 32.2. The first-order chi connectivity index (χ1) is 6.24. The molecule has 70 valence electrons. The number of amides is 2. The number of imide groups is 1. The van der Waals surface area contributed by atoms with Gasteiger partial charge in [0, 0.05) is 17.5 Å². The van der Waals surface area contributed by atoms with E-state index >= 15 is 0 Å². The minimum Gasteiger partial charge on any atom is -0.279 e. The fourth-order valence-corrected chi connectivity index (χ4v) is 2.93. The van der Waals surface area contributed by atoms with Crippen molar-refractivity contribution in [2.24, 2.45) is 5.92 Å². The van der Waals surface area contributed by atoms with Crippen LogP contribution in [0.5, 0.6) is 0 Å². The lowest BCUT2D eigenvalue weighted by molar-refractivity contribution is -0.144. The summed E-state index contributed by atoms with van der Waals surface area (Å²) in [6, 6.07) is 0. The Bertz CT molecular complexity index is 298. The lowest BCUT2D eigenvalue weighted by atomic mass is 10.0. The van der Waals surface area contributed by atoms with E-state index in [0.717, 1.165) is 17.1 Å². The lowest BCUT2D eigenvalue weighted by Crippen LogP contribution is -2.42. The van der Waals surface area contributed by atoms with Gasteiger partial charge in [-0.1, -0.05) is 0 Å². The van der Waals surface area contributed by atoms with Crippen LogP contribution in [0.25, 0.3) is 0 Å². The summed E-state index contributed by atoms with van der Waals surface area (Å²) in [5.41, 5.74) is 0. The molecule has 2 amide bonds. The standard InChI is InChI=1S/C9H11NO2S/c1-2-10-8(11)5-7-6(9(10)12)3-4-13-7/h5-6H,2-4H2,1H3. The molecule has 1 saturated heterocycles. The normalized spacial score (nSPS) is 27.6. The molecule has 0 saturated carbocycles. The third kappa shape index (κ3) is 1.29. The predicted octanol–water partition coefficient (Wildman–Crippen LogP) is 1.01. The van der Waals surface area contributed by atoms with Crippen LogP contribution in [0.3, 0.4) is 0 Å². The van der Waals surface area contributed by atoms with Crippen LogP contribution in [0, 0.1) is 5.92 Å². The molecule has 1 fully saturated rings. The molecule has 1 unspecified atom stereocenters. The average molecular weight is 197 g/mol. The molecule has 0 spiro atoms. The first-order valence-corrected chi connectivity index (χ1v) is 5.42. The molecule has 0 aromatic heterocycles. The summed E-state index contributed by atoms with van der Waals surface area (Å²) in [5.74, 6) is 0.804. The van der Waals surface area contributed by atoms with Crippen molar-refractivity contribution in [3.8, 4) is 0 Å². The zero-order chi connectivity index (χ0) is 9.42. The second-order valence-electron chi connectivity index (χ2n) is 3.16. The van der Waals surface area contributed by atoms with Crippen LogP contribution in [0.1, 0.15) is 13.3 Å². The van der Waals surface area contributed by atoms with Gasteiger partial charge in [0.05, 0.1) is 5.92 Å². The maximum atomic E-state index is 11.7. The Balaban J connectivity index is 2.33. The van der Waals surface area contributed by atoms with Gasteiger partial charge in [-0.3, -0.25) is 14.5 Å². The third-order valence-corrected chi connectivity index (χ3v) is 3.61. The molecule has 0 aromatic rings. The van der Waals surface area contributed by atoms with Crippen LogP contribution >= 0.6 is 11.8 Å². The second kappa shape index (κ2) is 3.18. The highest BCUT2D eigenvalue weighted by molar-refractivity contribution is 8.03. The number of likely N-dealkylation sites (N-methyl/N-ethyl adjacent to an activating group) is 1. The minimum atomic E-state index is -0.145.